The minimum atomic E-state index is -0.971. The quantitative estimate of drug-likeness (QED) is 0.887. The minimum absolute atomic E-state index is 0.125. The van der Waals surface area contributed by atoms with Gasteiger partial charge in [-0.15, -0.1) is 0 Å². The first-order chi connectivity index (χ1) is 11.2. The molecule has 0 spiro atoms. The van der Waals surface area contributed by atoms with Crippen molar-refractivity contribution in [2.75, 3.05) is 7.11 Å². The summed E-state index contributed by atoms with van der Waals surface area (Å²) in [6.45, 7) is 0.746. The molecule has 5 nitrogen and oxygen atoms in total. The summed E-state index contributed by atoms with van der Waals surface area (Å²) in [5.74, 6) is -0.106. The zero-order valence-corrected chi connectivity index (χ0v) is 13.1. The predicted octanol–water partition coefficient (Wildman–Crippen LogP) is 2.44. The molecule has 1 aliphatic heterocycles. The largest absolute Gasteiger partial charge is 0.497 e. The third kappa shape index (κ3) is 3.68. The van der Waals surface area contributed by atoms with Crippen molar-refractivity contribution in [3.8, 4) is 5.75 Å². The van der Waals surface area contributed by atoms with Crippen molar-refractivity contribution in [3.05, 3.63) is 58.9 Å². The summed E-state index contributed by atoms with van der Waals surface area (Å²) in [7, 11) is 1.66. The first kappa shape index (κ1) is 15.5. The van der Waals surface area contributed by atoms with Gasteiger partial charge in [0.2, 0.25) is 0 Å². The Labute approximate surface area is 135 Å². The molecule has 2 N–H and O–H groups in total. The van der Waals surface area contributed by atoms with E-state index in [1.165, 1.54) is 5.56 Å². The summed E-state index contributed by atoms with van der Waals surface area (Å²) in [6.07, 6.45) is 2.73. The normalized spacial score (nSPS) is 16.7. The Morgan fingerprint density at radius 2 is 2.09 bits per heavy atom. The van der Waals surface area contributed by atoms with Gasteiger partial charge in [-0.1, -0.05) is 18.2 Å². The van der Waals surface area contributed by atoms with Gasteiger partial charge in [-0.05, 0) is 42.2 Å². The van der Waals surface area contributed by atoms with Gasteiger partial charge in [-0.2, -0.15) is 0 Å². The molecule has 3 rings (SSSR count). The number of pyridine rings is 1. The van der Waals surface area contributed by atoms with E-state index in [1.807, 2.05) is 18.2 Å². The second-order valence-corrected chi connectivity index (χ2v) is 5.78. The molecular weight excluding hydrogens is 292 g/mol. The predicted molar refractivity (Wildman–Crippen MR) is 86.8 cm³/mol. The molecule has 0 saturated heterocycles. The number of carboxylic acids is 1. The first-order valence-corrected chi connectivity index (χ1v) is 7.74. The number of benzene rings is 1. The zero-order valence-electron chi connectivity index (χ0n) is 13.1. The summed E-state index contributed by atoms with van der Waals surface area (Å²) in [5, 5.41) is 12.6. The number of aromatic carboxylic acids is 1. The van der Waals surface area contributed by atoms with Crippen LogP contribution in [0.15, 0.2) is 36.4 Å². The Morgan fingerprint density at radius 1 is 1.30 bits per heavy atom. The van der Waals surface area contributed by atoms with Gasteiger partial charge in [-0.3, -0.25) is 0 Å². The topological polar surface area (TPSA) is 71.5 Å². The van der Waals surface area contributed by atoms with Crippen LogP contribution in [0.4, 0.5) is 0 Å². The highest BCUT2D eigenvalue weighted by Gasteiger charge is 2.20. The maximum absolute atomic E-state index is 11.0. The highest BCUT2D eigenvalue weighted by molar-refractivity contribution is 5.85. The van der Waals surface area contributed by atoms with Crippen LogP contribution in [0.3, 0.4) is 0 Å². The van der Waals surface area contributed by atoms with Crippen LogP contribution in [0.1, 0.15) is 33.7 Å². The van der Waals surface area contributed by atoms with Crippen molar-refractivity contribution in [2.24, 2.45) is 0 Å². The van der Waals surface area contributed by atoms with Crippen molar-refractivity contribution in [1.29, 1.82) is 0 Å². The van der Waals surface area contributed by atoms with Gasteiger partial charge in [-0.25, -0.2) is 9.78 Å². The molecule has 2 heterocycles. The Kier molecular flexibility index (Phi) is 4.57. The van der Waals surface area contributed by atoms with Crippen LogP contribution in [0, 0.1) is 0 Å². The lowest BCUT2D eigenvalue weighted by Crippen LogP contribution is -2.36. The monoisotopic (exact) mass is 312 g/mol. The molecule has 0 saturated carbocycles. The molecule has 1 unspecified atom stereocenters. The number of rotatable bonds is 5. The van der Waals surface area contributed by atoms with E-state index in [-0.39, 0.29) is 5.69 Å². The number of ether oxygens (including phenoxy) is 1. The fourth-order valence-corrected chi connectivity index (χ4v) is 2.88. The molecule has 1 atom stereocenters. The number of fused-ring (bicyclic) bond motifs is 1. The minimum Gasteiger partial charge on any atom is -0.497 e. The number of methoxy groups -OCH3 is 1. The summed E-state index contributed by atoms with van der Waals surface area (Å²) in [4.78, 5) is 15.3. The van der Waals surface area contributed by atoms with Gasteiger partial charge in [0.15, 0.2) is 0 Å². The zero-order chi connectivity index (χ0) is 16.2. The van der Waals surface area contributed by atoms with E-state index < -0.39 is 5.97 Å². The lowest BCUT2D eigenvalue weighted by atomic mass is 9.95. The lowest BCUT2D eigenvalue weighted by Gasteiger charge is -2.25. The second-order valence-electron chi connectivity index (χ2n) is 5.78. The van der Waals surface area contributed by atoms with E-state index in [0.29, 0.717) is 6.04 Å². The summed E-state index contributed by atoms with van der Waals surface area (Å²) in [6, 6.07) is 11.9. The van der Waals surface area contributed by atoms with E-state index in [1.54, 1.807) is 13.2 Å². The maximum atomic E-state index is 11.0. The summed E-state index contributed by atoms with van der Waals surface area (Å²) < 4.78 is 5.16. The smallest absolute Gasteiger partial charge is 0.354 e. The Balaban J connectivity index is 1.62. The van der Waals surface area contributed by atoms with Crippen molar-refractivity contribution in [1.82, 2.24) is 10.3 Å². The lowest BCUT2D eigenvalue weighted by molar-refractivity contribution is 0.0690. The van der Waals surface area contributed by atoms with Crippen LogP contribution in [0.25, 0.3) is 0 Å². The van der Waals surface area contributed by atoms with Gasteiger partial charge in [0.05, 0.1) is 7.11 Å². The van der Waals surface area contributed by atoms with Crippen molar-refractivity contribution in [2.45, 2.75) is 31.8 Å². The van der Waals surface area contributed by atoms with Crippen LogP contribution in [-0.2, 0) is 19.4 Å². The summed E-state index contributed by atoms with van der Waals surface area (Å²) in [5.41, 5.74) is 3.39. The molecule has 5 heteroatoms. The molecule has 1 aromatic carbocycles. The number of carbonyl (C=O) groups is 1. The third-order valence-corrected chi connectivity index (χ3v) is 4.25. The number of aromatic nitrogens is 1. The average Bonchev–Trinajstić information content (AvgIpc) is 2.59. The number of nitrogens with one attached hydrogen (secondary N) is 1. The number of hydrogen-bond acceptors (Lipinski definition) is 4. The molecule has 2 aromatic rings. The molecule has 0 radical (unpaired) electrons. The van der Waals surface area contributed by atoms with E-state index in [9.17, 15) is 4.79 Å². The number of carboxylic acid groups (broad SMARTS) is 1. The number of nitrogens with zero attached hydrogens (tertiary/aromatic N) is 1. The molecule has 23 heavy (non-hydrogen) atoms. The Bertz CT molecular complexity index is 698. The van der Waals surface area contributed by atoms with E-state index in [0.717, 1.165) is 42.8 Å². The van der Waals surface area contributed by atoms with Crippen LogP contribution in [-0.4, -0.2) is 29.2 Å². The van der Waals surface area contributed by atoms with Gasteiger partial charge < -0.3 is 15.2 Å². The summed E-state index contributed by atoms with van der Waals surface area (Å²) >= 11 is 0. The molecule has 120 valence electrons. The van der Waals surface area contributed by atoms with Gasteiger partial charge in [0.25, 0.3) is 0 Å². The molecule has 0 bridgehead atoms. The molecule has 0 amide bonds. The highest BCUT2D eigenvalue weighted by Crippen LogP contribution is 2.19. The Hall–Kier alpha value is -2.40. The third-order valence-electron chi connectivity index (χ3n) is 4.25. The fourth-order valence-electron chi connectivity index (χ4n) is 2.88. The van der Waals surface area contributed by atoms with Crippen molar-refractivity contribution in [3.63, 3.8) is 0 Å². The first-order valence-electron chi connectivity index (χ1n) is 7.74. The standard InChI is InChI=1S/C18H20N2O3/c1-23-15-7-3-12(4-8-15)2-6-14-10-17-13(11-19-14)5-9-16(20-17)18(21)22/h3-5,7-9,14,19H,2,6,10-11H2,1H3,(H,21,22). The van der Waals surface area contributed by atoms with E-state index in [4.69, 9.17) is 9.84 Å². The van der Waals surface area contributed by atoms with Gasteiger partial charge in [0, 0.05) is 24.7 Å². The number of hydrogen-bond donors (Lipinski definition) is 2. The maximum Gasteiger partial charge on any atom is 0.354 e. The SMILES string of the molecule is COc1ccc(CCC2Cc3nc(C(=O)O)ccc3CN2)cc1. The van der Waals surface area contributed by atoms with Crippen LogP contribution < -0.4 is 10.1 Å². The highest BCUT2D eigenvalue weighted by atomic mass is 16.5. The molecule has 0 aliphatic carbocycles. The van der Waals surface area contributed by atoms with E-state index in [2.05, 4.69) is 22.4 Å². The Morgan fingerprint density at radius 3 is 2.78 bits per heavy atom. The molecular formula is C18H20N2O3. The van der Waals surface area contributed by atoms with Crippen molar-refractivity contribution < 1.29 is 14.6 Å². The molecule has 0 fully saturated rings. The van der Waals surface area contributed by atoms with E-state index >= 15 is 0 Å². The molecule has 1 aromatic heterocycles. The fraction of sp³-hybridized carbons (Fsp3) is 0.333. The van der Waals surface area contributed by atoms with Crippen LogP contribution >= 0.6 is 0 Å². The van der Waals surface area contributed by atoms with Gasteiger partial charge in [0.1, 0.15) is 11.4 Å². The average molecular weight is 312 g/mol. The second kappa shape index (κ2) is 6.79. The van der Waals surface area contributed by atoms with Crippen LogP contribution in [0.2, 0.25) is 0 Å². The van der Waals surface area contributed by atoms with Crippen molar-refractivity contribution >= 4 is 5.97 Å². The van der Waals surface area contributed by atoms with Gasteiger partial charge >= 0.3 is 5.97 Å². The number of aryl methyl sites for hydroxylation is 1. The van der Waals surface area contributed by atoms with Crippen LogP contribution in [0.5, 0.6) is 5.75 Å². The molecule has 1 aliphatic rings.